The van der Waals surface area contributed by atoms with Gasteiger partial charge in [0, 0.05) is 18.6 Å². The van der Waals surface area contributed by atoms with Crippen LogP contribution in [0.2, 0.25) is 0 Å². The van der Waals surface area contributed by atoms with Crippen molar-refractivity contribution >= 4 is 17.3 Å². The zero-order chi connectivity index (χ0) is 28.6. The highest BCUT2D eigenvalue weighted by Crippen LogP contribution is 2.33. The first-order chi connectivity index (χ1) is 18.8. The fraction of sp³-hybridized carbons (Fsp3) is 0.750. The van der Waals surface area contributed by atoms with Crippen LogP contribution < -0.4 is 10.1 Å². The number of nitrogens with one attached hydrogen (secondary N) is 1. The van der Waals surface area contributed by atoms with Crippen molar-refractivity contribution in [3.05, 3.63) is 28.3 Å². The largest absolute Gasteiger partial charge is 0.480 e. The minimum absolute atomic E-state index is 0.00191. The van der Waals surface area contributed by atoms with E-state index in [9.17, 15) is 35.3 Å². The zero-order valence-electron chi connectivity index (χ0n) is 23.0. The van der Waals surface area contributed by atoms with Gasteiger partial charge in [-0.1, -0.05) is 84.0 Å². The van der Waals surface area contributed by atoms with E-state index in [4.69, 9.17) is 9.47 Å². The van der Waals surface area contributed by atoms with Crippen LogP contribution in [0.3, 0.4) is 0 Å². The standard InChI is InChI=1S/C28H46N2O9/c1-2-3-4-5-6-7-8-9-10-11-12-13-14-15-24(32)29-21-18-20(30(36)37)16-17-22(21)38-27-26(34)25(33)23(19-31)39-28(27)35/h16-18,23,25-28,31,33-35H,2-15,19H2,1H3,(H,29,32)/t23-,25+,26+,27-,28-/m1/s1. The third-order valence-electron chi connectivity index (χ3n) is 7.06. The second-order valence-corrected chi connectivity index (χ2v) is 10.3. The quantitative estimate of drug-likeness (QED) is 0.0955. The fourth-order valence-electron chi connectivity index (χ4n) is 4.69. The zero-order valence-corrected chi connectivity index (χ0v) is 23.0. The maximum Gasteiger partial charge on any atom is 0.271 e. The molecule has 1 aromatic rings. The monoisotopic (exact) mass is 554 g/mol. The SMILES string of the molecule is CCCCCCCCCCCCCCCC(=O)Nc1cc([N+](=O)[O-])ccc1O[C@@H]1[C@@H](O)[C@@H](O)[C@@H](CO)O[C@H]1O. The van der Waals surface area contributed by atoms with E-state index in [1.165, 1.54) is 63.9 Å². The molecule has 1 amide bonds. The van der Waals surface area contributed by atoms with Gasteiger partial charge in [0.05, 0.1) is 17.2 Å². The van der Waals surface area contributed by atoms with Crippen molar-refractivity contribution in [1.29, 1.82) is 0 Å². The number of aliphatic hydroxyl groups is 4. The number of nitro benzene ring substituents is 1. The van der Waals surface area contributed by atoms with Crippen LogP contribution in [0.1, 0.15) is 96.8 Å². The molecule has 1 aliphatic rings. The molecule has 5 N–H and O–H groups in total. The Morgan fingerprint density at radius 3 is 2.05 bits per heavy atom. The molecule has 5 atom stereocenters. The maximum atomic E-state index is 12.6. The van der Waals surface area contributed by atoms with Crippen molar-refractivity contribution in [2.75, 3.05) is 11.9 Å². The molecule has 0 saturated carbocycles. The third-order valence-corrected chi connectivity index (χ3v) is 7.06. The average Bonchev–Trinajstić information content (AvgIpc) is 2.91. The molecule has 0 spiro atoms. The minimum atomic E-state index is -1.69. The summed E-state index contributed by atoms with van der Waals surface area (Å²) >= 11 is 0. The highest BCUT2D eigenvalue weighted by Gasteiger charge is 2.45. The Kier molecular flexibility index (Phi) is 15.3. The van der Waals surface area contributed by atoms with Crippen LogP contribution in [0.5, 0.6) is 5.75 Å². The van der Waals surface area contributed by atoms with Crippen molar-refractivity contribution in [2.45, 2.75) is 128 Å². The van der Waals surface area contributed by atoms with Crippen LogP contribution in [0.15, 0.2) is 18.2 Å². The molecule has 222 valence electrons. The smallest absolute Gasteiger partial charge is 0.271 e. The molecule has 0 aliphatic carbocycles. The molecule has 2 rings (SSSR count). The van der Waals surface area contributed by atoms with Crippen LogP contribution in [-0.2, 0) is 9.53 Å². The van der Waals surface area contributed by atoms with Crippen molar-refractivity contribution in [3.63, 3.8) is 0 Å². The lowest BCUT2D eigenvalue weighted by Crippen LogP contribution is -2.60. The van der Waals surface area contributed by atoms with Gasteiger partial charge in [0.1, 0.15) is 24.1 Å². The van der Waals surface area contributed by atoms with Gasteiger partial charge < -0.3 is 35.2 Å². The second-order valence-electron chi connectivity index (χ2n) is 10.3. The Hall–Kier alpha value is -2.31. The van der Waals surface area contributed by atoms with Crippen LogP contribution in [0, 0.1) is 10.1 Å². The van der Waals surface area contributed by atoms with Gasteiger partial charge in [0.2, 0.25) is 5.91 Å². The van der Waals surface area contributed by atoms with E-state index < -0.39 is 42.2 Å². The molecule has 1 fully saturated rings. The number of ether oxygens (including phenoxy) is 2. The number of anilines is 1. The highest BCUT2D eigenvalue weighted by atomic mass is 16.7. The fourth-order valence-corrected chi connectivity index (χ4v) is 4.69. The summed E-state index contributed by atoms with van der Waals surface area (Å²) in [4.78, 5) is 23.2. The highest BCUT2D eigenvalue weighted by molar-refractivity contribution is 5.92. The number of hydrogen-bond donors (Lipinski definition) is 5. The molecule has 0 unspecified atom stereocenters. The number of unbranched alkanes of at least 4 members (excludes halogenated alkanes) is 12. The molecule has 0 aromatic heterocycles. The van der Waals surface area contributed by atoms with Gasteiger partial charge in [0.25, 0.3) is 5.69 Å². The molecule has 1 saturated heterocycles. The van der Waals surface area contributed by atoms with Gasteiger partial charge >= 0.3 is 0 Å². The summed E-state index contributed by atoms with van der Waals surface area (Å²) in [7, 11) is 0. The first-order valence-electron chi connectivity index (χ1n) is 14.3. The maximum absolute atomic E-state index is 12.6. The first kappa shape index (κ1) is 32.9. The van der Waals surface area contributed by atoms with Gasteiger partial charge in [0.15, 0.2) is 12.4 Å². The van der Waals surface area contributed by atoms with Crippen LogP contribution >= 0.6 is 0 Å². The Morgan fingerprint density at radius 1 is 0.949 bits per heavy atom. The van der Waals surface area contributed by atoms with Crippen molar-refractivity contribution in [1.82, 2.24) is 0 Å². The molecule has 39 heavy (non-hydrogen) atoms. The van der Waals surface area contributed by atoms with Gasteiger partial charge in [-0.25, -0.2) is 0 Å². The summed E-state index contributed by atoms with van der Waals surface area (Å²) in [6, 6.07) is 3.53. The lowest BCUT2D eigenvalue weighted by atomic mass is 9.99. The van der Waals surface area contributed by atoms with E-state index >= 15 is 0 Å². The summed E-state index contributed by atoms with van der Waals surface area (Å²) in [6.07, 6.45) is 8.16. The van der Waals surface area contributed by atoms with E-state index in [-0.39, 0.29) is 29.5 Å². The normalized spacial score (nSPS) is 22.9. The Balaban J connectivity index is 1.78. The van der Waals surface area contributed by atoms with Crippen LogP contribution in [0.4, 0.5) is 11.4 Å². The number of nitro groups is 1. The number of non-ortho nitro benzene ring substituents is 1. The number of amides is 1. The number of hydrogen-bond acceptors (Lipinski definition) is 9. The van der Waals surface area contributed by atoms with Crippen LogP contribution in [0.25, 0.3) is 0 Å². The minimum Gasteiger partial charge on any atom is -0.480 e. The summed E-state index contributed by atoms with van der Waals surface area (Å²) in [5.41, 5.74) is -0.276. The Morgan fingerprint density at radius 2 is 1.51 bits per heavy atom. The molecule has 11 nitrogen and oxygen atoms in total. The van der Waals surface area contributed by atoms with E-state index in [0.29, 0.717) is 6.42 Å². The van der Waals surface area contributed by atoms with Gasteiger partial charge in [-0.3, -0.25) is 14.9 Å². The lowest BCUT2D eigenvalue weighted by molar-refractivity contribution is -0.384. The Labute approximate surface area is 230 Å². The molecule has 11 heteroatoms. The van der Waals surface area contributed by atoms with E-state index in [1.54, 1.807) is 0 Å². The summed E-state index contributed by atoms with van der Waals surface area (Å²) in [6.45, 7) is 1.60. The Bertz CT molecular complexity index is 869. The summed E-state index contributed by atoms with van der Waals surface area (Å²) < 4.78 is 10.7. The number of carbonyl (C=O) groups excluding carboxylic acids is 1. The topological polar surface area (TPSA) is 172 Å². The number of benzene rings is 1. The molecule has 0 radical (unpaired) electrons. The first-order valence-corrected chi connectivity index (χ1v) is 14.3. The molecular formula is C28H46N2O9. The summed E-state index contributed by atoms with van der Waals surface area (Å²) in [5.74, 6) is -0.384. The van der Waals surface area contributed by atoms with E-state index in [1.807, 2.05) is 0 Å². The number of rotatable bonds is 19. The van der Waals surface area contributed by atoms with Gasteiger partial charge in [-0.2, -0.15) is 0 Å². The van der Waals surface area contributed by atoms with Gasteiger partial charge in [-0.15, -0.1) is 0 Å². The third kappa shape index (κ3) is 11.4. The van der Waals surface area contributed by atoms with Crippen molar-refractivity contribution in [3.8, 4) is 5.75 Å². The van der Waals surface area contributed by atoms with E-state index in [0.717, 1.165) is 31.4 Å². The molecule has 0 bridgehead atoms. The van der Waals surface area contributed by atoms with Crippen LogP contribution in [-0.4, -0.2) is 68.6 Å². The lowest BCUT2D eigenvalue weighted by Gasteiger charge is -2.40. The number of aliphatic hydroxyl groups excluding tert-OH is 4. The van der Waals surface area contributed by atoms with Crippen molar-refractivity contribution < 1.29 is 39.6 Å². The number of carbonyl (C=O) groups is 1. The number of nitrogens with zero attached hydrogens (tertiary/aromatic N) is 1. The summed E-state index contributed by atoms with van der Waals surface area (Å²) in [5, 5.41) is 53.8. The molecule has 1 aromatic carbocycles. The predicted octanol–water partition coefficient (Wildman–Crippen LogP) is 4.19. The van der Waals surface area contributed by atoms with Gasteiger partial charge in [-0.05, 0) is 12.5 Å². The predicted molar refractivity (Wildman–Crippen MR) is 146 cm³/mol. The second kappa shape index (κ2) is 18.1. The van der Waals surface area contributed by atoms with E-state index in [2.05, 4.69) is 12.2 Å². The molecule has 1 aliphatic heterocycles. The van der Waals surface area contributed by atoms with Crippen molar-refractivity contribution in [2.24, 2.45) is 0 Å². The molecule has 1 heterocycles. The molecular weight excluding hydrogens is 508 g/mol. The average molecular weight is 555 g/mol.